The quantitative estimate of drug-likeness (QED) is 0.490. The Hall–Kier alpha value is -0.830. The van der Waals surface area contributed by atoms with E-state index in [1.54, 1.807) is 29.5 Å². The molecule has 0 atom stereocenters. The van der Waals surface area contributed by atoms with Crippen LogP contribution in [0.5, 0.6) is 0 Å². The number of halogens is 3. The minimum Gasteiger partial charge on any atom is -0.466 e. The summed E-state index contributed by atoms with van der Waals surface area (Å²) in [5, 5.41) is 0. The zero-order valence-electron chi connectivity index (χ0n) is 9.75. The van der Waals surface area contributed by atoms with Gasteiger partial charge in [-0.3, -0.25) is 4.79 Å². The average molecular weight is 370 g/mol. The molecular formula is C11H13F2IN2O2. The van der Waals surface area contributed by atoms with Crippen molar-refractivity contribution in [2.24, 2.45) is 5.73 Å². The van der Waals surface area contributed by atoms with Gasteiger partial charge >= 0.3 is 5.97 Å². The number of esters is 1. The molecule has 0 radical (unpaired) electrons. The van der Waals surface area contributed by atoms with E-state index in [-0.39, 0.29) is 28.8 Å². The minimum absolute atomic E-state index is 0.0915. The van der Waals surface area contributed by atoms with Gasteiger partial charge in [-0.05, 0) is 41.1 Å². The van der Waals surface area contributed by atoms with Gasteiger partial charge in [0.1, 0.15) is 3.70 Å². The largest absolute Gasteiger partial charge is 0.466 e. The zero-order chi connectivity index (χ0) is 13.7. The van der Waals surface area contributed by atoms with Gasteiger partial charge in [0.2, 0.25) is 0 Å². The van der Waals surface area contributed by atoms with Crippen LogP contribution in [-0.2, 0) is 22.5 Å². The molecule has 1 rings (SSSR count). The maximum atomic E-state index is 12.7. The van der Waals surface area contributed by atoms with Gasteiger partial charge in [0, 0.05) is 12.1 Å². The molecule has 0 aromatic carbocycles. The summed E-state index contributed by atoms with van der Waals surface area (Å²) in [6.07, 6.45) is -2.72. The normalized spacial score (nSPS) is 10.8. The first-order valence-electron chi connectivity index (χ1n) is 5.31. The molecule has 0 bridgehead atoms. The maximum Gasteiger partial charge on any atom is 0.310 e. The topological polar surface area (TPSA) is 65.2 Å². The third-order valence-electron chi connectivity index (χ3n) is 2.24. The second-order valence-corrected chi connectivity index (χ2v) is 4.48. The number of carbonyl (C=O) groups is 1. The first-order chi connectivity index (χ1) is 8.49. The zero-order valence-corrected chi connectivity index (χ0v) is 11.9. The second kappa shape index (κ2) is 6.93. The SMILES string of the molecule is CCOC(=O)Cc1cc(C(F)F)c(I)nc1CN. The van der Waals surface area contributed by atoms with Crippen LogP contribution in [0.2, 0.25) is 0 Å². The molecule has 18 heavy (non-hydrogen) atoms. The standard InChI is InChI=1S/C11H13F2IN2O2/c1-2-18-9(17)4-6-3-7(10(12)13)11(14)16-8(6)5-15/h3,10H,2,4-5,15H2,1H3. The monoisotopic (exact) mass is 370 g/mol. The van der Waals surface area contributed by atoms with Crippen molar-refractivity contribution in [3.63, 3.8) is 0 Å². The lowest BCUT2D eigenvalue weighted by Crippen LogP contribution is -2.14. The molecule has 0 fully saturated rings. The van der Waals surface area contributed by atoms with Crippen molar-refractivity contribution < 1.29 is 18.3 Å². The highest BCUT2D eigenvalue weighted by atomic mass is 127. The fourth-order valence-corrected chi connectivity index (χ4v) is 2.12. The number of aromatic nitrogens is 1. The van der Waals surface area contributed by atoms with Crippen molar-refractivity contribution in [3.05, 3.63) is 26.6 Å². The molecule has 0 amide bonds. The van der Waals surface area contributed by atoms with E-state index in [0.717, 1.165) is 0 Å². The molecule has 0 aliphatic rings. The van der Waals surface area contributed by atoms with Gasteiger partial charge in [-0.25, -0.2) is 13.8 Å². The molecule has 0 saturated heterocycles. The van der Waals surface area contributed by atoms with Crippen molar-refractivity contribution in [2.75, 3.05) is 6.61 Å². The van der Waals surface area contributed by atoms with E-state index in [2.05, 4.69) is 4.98 Å². The number of nitrogens with two attached hydrogens (primary N) is 1. The van der Waals surface area contributed by atoms with Crippen molar-refractivity contribution in [3.8, 4) is 0 Å². The third kappa shape index (κ3) is 3.84. The predicted molar refractivity (Wildman–Crippen MR) is 70.1 cm³/mol. The Kier molecular flexibility index (Phi) is 5.86. The van der Waals surface area contributed by atoms with E-state index in [0.29, 0.717) is 11.3 Å². The van der Waals surface area contributed by atoms with E-state index in [4.69, 9.17) is 10.5 Å². The number of ether oxygens (including phenoxy) is 1. The number of carbonyl (C=O) groups excluding carboxylic acids is 1. The molecule has 1 aromatic rings. The average Bonchev–Trinajstić information content (AvgIpc) is 2.30. The third-order valence-corrected chi connectivity index (χ3v) is 3.10. The maximum absolute atomic E-state index is 12.7. The lowest BCUT2D eigenvalue weighted by Gasteiger charge is -2.11. The Morgan fingerprint density at radius 3 is 2.78 bits per heavy atom. The molecule has 0 aliphatic carbocycles. The summed E-state index contributed by atoms with van der Waals surface area (Å²) >= 11 is 1.73. The molecule has 0 saturated carbocycles. The van der Waals surface area contributed by atoms with Gasteiger partial charge in [0.25, 0.3) is 6.43 Å². The van der Waals surface area contributed by atoms with Gasteiger partial charge in [-0.15, -0.1) is 0 Å². The van der Waals surface area contributed by atoms with Crippen LogP contribution >= 0.6 is 22.6 Å². The van der Waals surface area contributed by atoms with Gasteiger partial charge in [0.05, 0.1) is 18.7 Å². The van der Waals surface area contributed by atoms with Gasteiger partial charge in [-0.2, -0.15) is 0 Å². The van der Waals surface area contributed by atoms with Crippen LogP contribution in [0.3, 0.4) is 0 Å². The van der Waals surface area contributed by atoms with Crippen LogP contribution in [0, 0.1) is 3.70 Å². The molecule has 0 unspecified atom stereocenters. The number of rotatable bonds is 5. The van der Waals surface area contributed by atoms with E-state index < -0.39 is 12.4 Å². The first kappa shape index (κ1) is 15.2. The molecule has 1 aromatic heterocycles. The number of pyridine rings is 1. The van der Waals surface area contributed by atoms with E-state index >= 15 is 0 Å². The Balaban J connectivity index is 3.08. The van der Waals surface area contributed by atoms with Crippen molar-refractivity contribution in [2.45, 2.75) is 26.3 Å². The fourth-order valence-electron chi connectivity index (χ4n) is 1.44. The summed E-state index contributed by atoms with van der Waals surface area (Å²) < 4.78 is 30.5. The molecule has 7 heteroatoms. The van der Waals surface area contributed by atoms with Crippen molar-refractivity contribution in [1.82, 2.24) is 4.98 Å². The summed E-state index contributed by atoms with van der Waals surface area (Å²) in [4.78, 5) is 15.4. The molecule has 0 aliphatic heterocycles. The van der Waals surface area contributed by atoms with Crippen LogP contribution in [-0.4, -0.2) is 17.6 Å². The van der Waals surface area contributed by atoms with E-state index in [1.165, 1.54) is 6.07 Å². The Morgan fingerprint density at radius 2 is 2.28 bits per heavy atom. The highest BCUT2D eigenvalue weighted by Crippen LogP contribution is 2.25. The fraction of sp³-hybridized carbons (Fsp3) is 0.455. The predicted octanol–water partition coefficient (Wildman–Crippen LogP) is 2.19. The number of hydrogen-bond donors (Lipinski definition) is 1. The van der Waals surface area contributed by atoms with Crippen LogP contribution in [0.25, 0.3) is 0 Å². The van der Waals surface area contributed by atoms with Crippen molar-refractivity contribution >= 4 is 28.6 Å². The molecule has 2 N–H and O–H groups in total. The second-order valence-electron chi connectivity index (χ2n) is 3.46. The summed E-state index contributed by atoms with van der Waals surface area (Å²) in [5.41, 5.74) is 6.14. The van der Waals surface area contributed by atoms with Crippen molar-refractivity contribution in [1.29, 1.82) is 0 Å². The first-order valence-corrected chi connectivity index (χ1v) is 6.39. The van der Waals surface area contributed by atoms with E-state index in [1.807, 2.05) is 0 Å². The van der Waals surface area contributed by atoms with Crippen LogP contribution in [0.4, 0.5) is 8.78 Å². The van der Waals surface area contributed by atoms with Crippen LogP contribution < -0.4 is 5.73 Å². The van der Waals surface area contributed by atoms with Gasteiger partial charge in [0.15, 0.2) is 0 Å². The molecule has 4 nitrogen and oxygen atoms in total. The Morgan fingerprint density at radius 1 is 1.61 bits per heavy atom. The Bertz CT molecular complexity index is 441. The Labute approximate surface area is 117 Å². The highest BCUT2D eigenvalue weighted by molar-refractivity contribution is 14.1. The number of alkyl halides is 2. The smallest absolute Gasteiger partial charge is 0.310 e. The molecule has 0 spiro atoms. The van der Waals surface area contributed by atoms with Gasteiger partial charge < -0.3 is 10.5 Å². The summed E-state index contributed by atoms with van der Waals surface area (Å²) in [7, 11) is 0. The van der Waals surface area contributed by atoms with Gasteiger partial charge in [-0.1, -0.05) is 0 Å². The van der Waals surface area contributed by atoms with Crippen LogP contribution in [0.15, 0.2) is 6.07 Å². The lowest BCUT2D eigenvalue weighted by atomic mass is 10.1. The summed E-state index contributed by atoms with van der Waals surface area (Å²) in [5.74, 6) is -0.476. The summed E-state index contributed by atoms with van der Waals surface area (Å²) in [6.45, 7) is 2.02. The lowest BCUT2D eigenvalue weighted by molar-refractivity contribution is -0.142. The molecule has 1 heterocycles. The molecular weight excluding hydrogens is 357 g/mol. The van der Waals surface area contributed by atoms with Crippen LogP contribution in [0.1, 0.15) is 30.2 Å². The summed E-state index contributed by atoms with van der Waals surface area (Å²) in [6, 6.07) is 1.28. The number of nitrogens with zero attached hydrogens (tertiary/aromatic N) is 1. The minimum atomic E-state index is -2.63. The number of hydrogen-bond acceptors (Lipinski definition) is 4. The molecule has 100 valence electrons. The highest BCUT2D eigenvalue weighted by Gasteiger charge is 2.18. The van der Waals surface area contributed by atoms with E-state index in [9.17, 15) is 13.6 Å².